The number of aryl methyl sites for hydroxylation is 1. The minimum atomic E-state index is -1.39. The van der Waals surface area contributed by atoms with E-state index in [9.17, 15) is 28.7 Å². The normalized spacial score (nSPS) is 14.5. The van der Waals surface area contributed by atoms with Crippen molar-refractivity contribution in [2.75, 3.05) is 11.9 Å². The predicted octanol–water partition coefficient (Wildman–Crippen LogP) is 4.09. The number of fused-ring (bicyclic) bond motifs is 3. The topological polar surface area (TPSA) is 178 Å². The average Bonchev–Trinajstić information content (AvgIpc) is 3.62. The van der Waals surface area contributed by atoms with E-state index in [2.05, 4.69) is 27.3 Å². The van der Waals surface area contributed by atoms with E-state index >= 15 is 0 Å². The summed E-state index contributed by atoms with van der Waals surface area (Å²) in [5, 5.41) is 18.8. The number of nitrogens with two attached hydrogens (primary N) is 1. The number of rotatable bonds is 7. The van der Waals surface area contributed by atoms with E-state index in [-0.39, 0.29) is 42.3 Å². The molecule has 46 heavy (non-hydrogen) atoms. The molecule has 0 fully saturated rings. The van der Waals surface area contributed by atoms with E-state index in [1.807, 2.05) is 25.1 Å². The Balaban J connectivity index is 0.000000287. The van der Waals surface area contributed by atoms with E-state index in [1.54, 1.807) is 12.1 Å². The first kappa shape index (κ1) is 33.7. The standard InChI is InChI=1S/C22H19FN4O5.C10H12N2O.ClH/c1-3-8-32-22(31)13-4-5-14-12(11(13)2)6-7-16(14)26-20(28)18-9-17(21(29)30)25-19-15(23)10-24-27(18)19;11-6-7-1-2-8-3-4-10(13)12-9(8)5-7;/h3-5,9-10,16H,1,6-8H2,2H3,(H,26,28)(H,29,30);1-2,5H,3-4,6,11H2,(H,12,13);1H/t16-;;/m0../s1. The van der Waals surface area contributed by atoms with Crippen LogP contribution >= 0.6 is 12.4 Å². The molecule has 1 aliphatic carbocycles. The molecule has 2 aromatic heterocycles. The van der Waals surface area contributed by atoms with Crippen molar-refractivity contribution in [3.63, 3.8) is 0 Å². The van der Waals surface area contributed by atoms with E-state index in [0.29, 0.717) is 31.4 Å². The quantitative estimate of drug-likeness (QED) is 0.169. The molecule has 2 aliphatic rings. The number of aromatic carboxylic acids is 1. The Morgan fingerprint density at radius 3 is 2.72 bits per heavy atom. The van der Waals surface area contributed by atoms with Crippen LogP contribution < -0.4 is 16.4 Å². The number of carbonyl (C=O) groups is 4. The highest BCUT2D eigenvalue weighted by atomic mass is 35.5. The lowest BCUT2D eigenvalue weighted by atomic mass is 9.98. The second-order valence-electron chi connectivity index (χ2n) is 10.6. The van der Waals surface area contributed by atoms with Crippen molar-refractivity contribution in [3.8, 4) is 0 Å². The van der Waals surface area contributed by atoms with Crippen LogP contribution in [0.15, 0.2) is 55.3 Å². The fraction of sp³-hybridized carbons (Fsp3) is 0.250. The van der Waals surface area contributed by atoms with Gasteiger partial charge in [-0.1, -0.05) is 30.9 Å². The number of benzene rings is 2. The molecule has 5 N–H and O–H groups in total. The number of carboxylic acid groups (broad SMARTS) is 1. The minimum Gasteiger partial charge on any atom is -0.477 e. The molecule has 0 spiro atoms. The van der Waals surface area contributed by atoms with Gasteiger partial charge in [0.05, 0.1) is 17.8 Å². The van der Waals surface area contributed by atoms with Gasteiger partial charge in [0.25, 0.3) is 5.91 Å². The molecule has 1 aliphatic heterocycles. The molecule has 0 bridgehead atoms. The lowest BCUT2D eigenvalue weighted by Gasteiger charge is -2.17. The number of anilines is 1. The number of hydrogen-bond donors (Lipinski definition) is 4. The zero-order chi connectivity index (χ0) is 32.2. The van der Waals surface area contributed by atoms with E-state index in [4.69, 9.17) is 10.5 Å². The fourth-order valence-corrected chi connectivity index (χ4v) is 5.45. The molecule has 12 nitrogen and oxygen atoms in total. The fourth-order valence-electron chi connectivity index (χ4n) is 5.45. The Hall–Kier alpha value is -5.14. The van der Waals surface area contributed by atoms with Crippen molar-refractivity contribution in [1.29, 1.82) is 0 Å². The summed E-state index contributed by atoms with van der Waals surface area (Å²) in [5.74, 6) is -3.19. The number of esters is 1. The summed E-state index contributed by atoms with van der Waals surface area (Å²) >= 11 is 0. The average molecular weight is 651 g/mol. The Labute approximate surface area is 269 Å². The van der Waals surface area contributed by atoms with Gasteiger partial charge in [-0.25, -0.2) is 23.5 Å². The number of carboxylic acids is 1. The number of amides is 2. The van der Waals surface area contributed by atoms with Crippen molar-refractivity contribution in [2.45, 2.75) is 45.2 Å². The Kier molecular flexibility index (Phi) is 10.5. The van der Waals surface area contributed by atoms with Crippen molar-refractivity contribution < 1.29 is 33.4 Å². The molecule has 4 aromatic rings. The van der Waals surface area contributed by atoms with Gasteiger partial charge >= 0.3 is 11.9 Å². The maximum atomic E-state index is 13.9. The minimum absolute atomic E-state index is 0. The molecule has 1 atom stereocenters. The summed E-state index contributed by atoms with van der Waals surface area (Å²) in [6, 6.07) is 10.1. The van der Waals surface area contributed by atoms with Gasteiger partial charge in [0.2, 0.25) is 5.91 Å². The summed E-state index contributed by atoms with van der Waals surface area (Å²) in [6.07, 6.45) is 5.01. The predicted molar refractivity (Wildman–Crippen MR) is 169 cm³/mol. The first-order valence-corrected chi connectivity index (χ1v) is 14.2. The Morgan fingerprint density at radius 2 is 2.00 bits per heavy atom. The number of nitrogens with zero attached hydrogens (tertiary/aromatic N) is 3. The van der Waals surface area contributed by atoms with Gasteiger partial charge in [-0.2, -0.15) is 5.10 Å². The number of aromatic nitrogens is 3. The van der Waals surface area contributed by atoms with Crippen LogP contribution in [0.25, 0.3) is 5.65 Å². The van der Waals surface area contributed by atoms with E-state index in [0.717, 1.165) is 51.1 Å². The van der Waals surface area contributed by atoms with Gasteiger partial charge in [0, 0.05) is 24.7 Å². The number of hydrogen-bond acceptors (Lipinski definition) is 8. The molecule has 0 unspecified atom stereocenters. The number of nitrogens with one attached hydrogen (secondary N) is 2. The van der Waals surface area contributed by atoms with Gasteiger partial charge in [0.15, 0.2) is 17.2 Å². The maximum Gasteiger partial charge on any atom is 0.354 e. The monoisotopic (exact) mass is 650 g/mol. The van der Waals surface area contributed by atoms with Crippen LogP contribution in [0.5, 0.6) is 0 Å². The molecular formula is C32H32ClFN6O6. The molecule has 240 valence electrons. The van der Waals surface area contributed by atoms with Crippen LogP contribution in [-0.2, 0) is 28.9 Å². The van der Waals surface area contributed by atoms with Crippen LogP contribution in [0.1, 0.15) is 78.0 Å². The van der Waals surface area contributed by atoms with Crippen LogP contribution in [0, 0.1) is 12.7 Å². The third-order valence-electron chi connectivity index (χ3n) is 7.74. The van der Waals surface area contributed by atoms with Crippen LogP contribution in [-0.4, -0.2) is 50.1 Å². The zero-order valence-electron chi connectivity index (χ0n) is 24.8. The lowest BCUT2D eigenvalue weighted by molar-refractivity contribution is -0.116. The third-order valence-corrected chi connectivity index (χ3v) is 7.74. The van der Waals surface area contributed by atoms with Crippen LogP contribution in [0.3, 0.4) is 0 Å². The van der Waals surface area contributed by atoms with E-state index in [1.165, 1.54) is 11.6 Å². The molecular weight excluding hydrogens is 619 g/mol. The van der Waals surface area contributed by atoms with Gasteiger partial charge < -0.3 is 26.2 Å². The smallest absolute Gasteiger partial charge is 0.354 e. The Bertz CT molecular complexity index is 1860. The molecule has 6 rings (SSSR count). The second kappa shape index (κ2) is 14.3. The SMILES string of the molecule is C=CCOC(=O)c1ccc2c(c1C)CC[C@@H]2NC(=O)c1cc(C(=O)O)nc2c(F)cnn12.Cl.NCc1ccc2c(c1)NC(=O)CC2. The van der Waals surface area contributed by atoms with Gasteiger partial charge in [0.1, 0.15) is 12.3 Å². The zero-order valence-corrected chi connectivity index (χ0v) is 25.7. The summed E-state index contributed by atoms with van der Waals surface area (Å²) in [5.41, 5.74) is 10.8. The summed E-state index contributed by atoms with van der Waals surface area (Å²) < 4.78 is 20.0. The molecule has 2 amide bonds. The number of ether oxygens (including phenoxy) is 1. The van der Waals surface area contributed by atoms with Crippen molar-refractivity contribution in [1.82, 2.24) is 19.9 Å². The van der Waals surface area contributed by atoms with Crippen LogP contribution in [0.4, 0.5) is 10.1 Å². The maximum absolute atomic E-state index is 13.9. The van der Waals surface area contributed by atoms with Gasteiger partial charge in [-0.15, -0.1) is 12.4 Å². The van der Waals surface area contributed by atoms with Crippen molar-refractivity contribution >= 4 is 47.5 Å². The molecule has 0 saturated heterocycles. The van der Waals surface area contributed by atoms with Crippen LogP contribution in [0.2, 0.25) is 0 Å². The number of carbonyl (C=O) groups excluding carboxylic acids is 3. The Morgan fingerprint density at radius 1 is 1.22 bits per heavy atom. The van der Waals surface area contributed by atoms with Crippen molar-refractivity contribution in [3.05, 3.63) is 106 Å². The summed E-state index contributed by atoms with van der Waals surface area (Å²) in [4.78, 5) is 51.4. The van der Waals surface area contributed by atoms with Crippen molar-refractivity contribution in [2.24, 2.45) is 5.73 Å². The molecule has 2 aromatic carbocycles. The molecule has 0 radical (unpaired) electrons. The number of halogens is 2. The second-order valence-corrected chi connectivity index (χ2v) is 10.6. The molecule has 0 saturated carbocycles. The largest absolute Gasteiger partial charge is 0.477 e. The molecule has 14 heteroatoms. The van der Waals surface area contributed by atoms with Gasteiger partial charge in [-0.05, 0) is 66.1 Å². The highest BCUT2D eigenvalue weighted by molar-refractivity contribution is 5.97. The third kappa shape index (κ3) is 6.90. The molecule has 3 heterocycles. The summed E-state index contributed by atoms with van der Waals surface area (Å²) in [6.45, 7) is 5.98. The van der Waals surface area contributed by atoms with E-state index < -0.39 is 29.4 Å². The highest BCUT2D eigenvalue weighted by Crippen LogP contribution is 2.35. The highest BCUT2D eigenvalue weighted by Gasteiger charge is 2.29. The first-order valence-electron chi connectivity index (χ1n) is 14.2. The lowest BCUT2D eigenvalue weighted by Crippen LogP contribution is -2.29. The summed E-state index contributed by atoms with van der Waals surface area (Å²) in [7, 11) is 0. The van der Waals surface area contributed by atoms with Gasteiger partial charge in [-0.3, -0.25) is 9.59 Å². The first-order chi connectivity index (χ1) is 21.6.